The summed E-state index contributed by atoms with van der Waals surface area (Å²) < 4.78 is 12.0. The van der Waals surface area contributed by atoms with Crippen molar-refractivity contribution in [1.29, 1.82) is 0 Å². The number of cyclic esters (lactones) is 1. The van der Waals surface area contributed by atoms with Crippen molar-refractivity contribution >= 4 is 22.7 Å². The number of carbonyl (C=O) groups is 2. The molecule has 38 heavy (non-hydrogen) atoms. The summed E-state index contributed by atoms with van der Waals surface area (Å²) in [6.07, 6.45) is 1.48. The van der Waals surface area contributed by atoms with E-state index in [1.54, 1.807) is 19.9 Å². The van der Waals surface area contributed by atoms with Crippen LogP contribution in [0, 0.1) is 17.3 Å². The van der Waals surface area contributed by atoms with E-state index in [1.165, 1.54) is 0 Å². The lowest BCUT2D eigenvalue weighted by atomic mass is 9.71. The minimum Gasteiger partial charge on any atom is -0.456 e. The number of rotatable bonds is 3. The molecule has 2 aliphatic heterocycles. The molecule has 1 aromatic carbocycles. The summed E-state index contributed by atoms with van der Waals surface area (Å²) in [4.78, 5) is 31.5. The monoisotopic (exact) mass is 523 g/mol. The van der Waals surface area contributed by atoms with Crippen molar-refractivity contribution in [2.24, 2.45) is 17.3 Å². The molecule has 2 fully saturated rings. The highest BCUT2D eigenvalue weighted by Crippen LogP contribution is 2.46. The quantitative estimate of drug-likeness (QED) is 0.328. The van der Waals surface area contributed by atoms with Gasteiger partial charge in [0.15, 0.2) is 0 Å². The number of fused-ring (bicyclic) bond motifs is 2. The number of hydrogen-bond donors (Lipinski definition) is 2. The molecule has 7 heteroatoms. The largest absolute Gasteiger partial charge is 0.456 e. The van der Waals surface area contributed by atoms with Crippen molar-refractivity contribution in [1.82, 2.24) is 4.98 Å². The van der Waals surface area contributed by atoms with Crippen LogP contribution in [-0.2, 0) is 19.1 Å². The predicted molar refractivity (Wildman–Crippen MR) is 145 cm³/mol. The van der Waals surface area contributed by atoms with E-state index in [1.807, 2.05) is 43.3 Å². The second kappa shape index (κ2) is 11.2. The smallest absolute Gasteiger partial charge is 0.309 e. The standard InChI is InChI=1S/C31H41NO6/c1-6-10-21-28(35)19(2)11-9-16-31(5)26(38-31)17-24(23-15-14-20-12-7-8-13-22(20)32-23)37-27(34)18-25(33)30(3,4)29(21)36/h6-8,12-15,19,21,24-26,28,33,35H,1,9-11,16-18H2,2-5H3/t19-,21-,24+,25+,26+,28-,31-/m1/s1. The number of ether oxygens (including phenoxy) is 2. The van der Waals surface area contributed by atoms with Crippen LogP contribution in [-0.4, -0.2) is 50.9 Å². The Kier molecular flexibility index (Phi) is 8.40. The number of aromatic nitrogens is 1. The molecule has 2 N–H and O–H groups in total. The number of benzene rings is 1. The van der Waals surface area contributed by atoms with E-state index in [4.69, 9.17) is 14.5 Å². The molecule has 0 saturated carbocycles. The minimum absolute atomic E-state index is 0.0989. The van der Waals surface area contributed by atoms with Crippen LogP contribution in [0.5, 0.6) is 0 Å². The molecule has 0 unspecified atom stereocenters. The maximum absolute atomic E-state index is 13.6. The van der Waals surface area contributed by atoms with Crippen molar-refractivity contribution in [3.63, 3.8) is 0 Å². The number of hydrogen-bond acceptors (Lipinski definition) is 7. The van der Waals surface area contributed by atoms with E-state index >= 15 is 0 Å². The second-order valence-electron chi connectivity index (χ2n) is 11.9. The lowest BCUT2D eigenvalue weighted by molar-refractivity contribution is -0.156. The Bertz CT molecular complexity index is 1180. The maximum Gasteiger partial charge on any atom is 0.309 e. The number of pyridine rings is 1. The van der Waals surface area contributed by atoms with Crippen molar-refractivity contribution in [3.8, 4) is 0 Å². The first-order valence-electron chi connectivity index (χ1n) is 13.7. The van der Waals surface area contributed by atoms with E-state index in [0.29, 0.717) is 18.5 Å². The molecule has 7 nitrogen and oxygen atoms in total. The highest BCUT2D eigenvalue weighted by Gasteiger charge is 2.53. The third-order valence-corrected chi connectivity index (χ3v) is 8.60. The zero-order valence-electron chi connectivity index (χ0n) is 22.9. The van der Waals surface area contributed by atoms with Crippen molar-refractivity contribution < 1.29 is 29.3 Å². The molecule has 3 heterocycles. The number of Topliss-reactive ketones (excluding diaryl/α,β-unsaturated/α-hetero) is 1. The number of para-hydroxylation sites is 1. The van der Waals surface area contributed by atoms with Gasteiger partial charge in [-0.05, 0) is 44.2 Å². The zero-order valence-corrected chi connectivity index (χ0v) is 22.9. The molecule has 2 aliphatic rings. The average molecular weight is 524 g/mol. The first-order chi connectivity index (χ1) is 18.0. The highest BCUT2D eigenvalue weighted by molar-refractivity contribution is 5.88. The molecule has 0 spiro atoms. The summed E-state index contributed by atoms with van der Waals surface area (Å²) in [5.74, 6) is -1.73. The van der Waals surface area contributed by atoms with Crippen LogP contribution in [0.2, 0.25) is 0 Å². The van der Waals surface area contributed by atoms with Gasteiger partial charge in [0.2, 0.25) is 0 Å². The van der Waals surface area contributed by atoms with E-state index in [-0.39, 0.29) is 29.8 Å². The van der Waals surface area contributed by atoms with Crippen molar-refractivity contribution in [3.05, 3.63) is 54.7 Å². The number of aliphatic hydroxyl groups is 2. The fourth-order valence-electron chi connectivity index (χ4n) is 5.68. The van der Waals surface area contributed by atoms with Gasteiger partial charge < -0.3 is 19.7 Å². The summed E-state index contributed by atoms with van der Waals surface area (Å²) in [6, 6.07) is 11.6. The SMILES string of the molecule is C=CC[C@H]1C(=O)C(C)(C)[C@@H](O)CC(=O)O[C@H](c2ccc3ccccc3n2)C[C@@H]2O[C@]2(C)CCC[C@@H](C)[C@H]1O. The van der Waals surface area contributed by atoms with Crippen LogP contribution in [0.15, 0.2) is 49.1 Å². The van der Waals surface area contributed by atoms with Gasteiger partial charge in [-0.25, -0.2) is 4.98 Å². The van der Waals surface area contributed by atoms with Crippen LogP contribution in [0.25, 0.3) is 10.9 Å². The molecule has 7 atom stereocenters. The zero-order chi connectivity index (χ0) is 27.7. The minimum atomic E-state index is -1.28. The van der Waals surface area contributed by atoms with Gasteiger partial charge in [-0.3, -0.25) is 9.59 Å². The summed E-state index contributed by atoms with van der Waals surface area (Å²) in [5, 5.41) is 23.2. The molecular formula is C31H41NO6. The van der Waals surface area contributed by atoms with Crippen LogP contribution in [0.4, 0.5) is 0 Å². The van der Waals surface area contributed by atoms with Gasteiger partial charge in [-0.1, -0.05) is 57.5 Å². The fraction of sp³-hybridized carbons (Fsp3) is 0.581. The molecule has 2 saturated heterocycles. The van der Waals surface area contributed by atoms with Gasteiger partial charge >= 0.3 is 5.97 Å². The normalized spacial score (nSPS) is 34.8. The Morgan fingerprint density at radius 2 is 1.87 bits per heavy atom. The number of ketones is 1. The number of nitrogens with zero attached hydrogens (tertiary/aromatic N) is 1. The number of aliphatic hydroxyl groups excluding tert-OH is 2. The molecule has 0 aliphatic carbocycles. The molecule has 0 bridgehead atoms. The number of esters is 1. The third kappa shape index (κ3) is 6.00. The maximum atomic E-state index is 13.6. The Labute approximate surface area is 225 Å². The second-order valence-corrected chi connectivity index (χ2v) is 11.9. The molecular weight excluding hydrogens is 482 g/mol. The Morgan fingerprint density at radius 3 is 2.61 bits per heavy atom. The lowest BCUT2D eigenvalue weighted by Gasteiger charge is -2.35. The van der Waals surface area contributed by atoms with E-state index in [2.05, 4.69) is 13.5 Å². The topological polar surface area (TPSA) is 109 Å². The Hall–Kier alpha value is -2.61. The van der Waals surface area contributed by atoms with E-state index < -0.39 is 35.6 Å². The van der Waals surface area contributed by atoms with Crippen LogP contribution in [0.3, 0.4) is 0 Å². The summed E-state index contributed by atoms with van der Waals surface area (Å²) >= 11 is 0. The van der Waals surface area contributed by atoms with Gasteiger partial charge in [-0.15, -0.1) is 6.58 Å². The van der Waals surface area contributed by atoms with Crippen LogP contribution < -0.4 is 0 Å². The lowest BCUT2D eigenvalue weighted by Crippen LogP contribution is -2.46. The fourth-order valence-corrected chi connectivity index (χ4v) is 5.68. The van der Waals surface area contributed by atoms with Crippen molar-refractivity contribution in [2.75, 3.05) is 0 Å². The predicted octanol–water partition coefficient (Wildman–Crippen LogP) is 5.09. The van der Waals surface area contributed by atoms with Crippen molar-refractivity contribution in [2.45, 2.75) is 96.2 Å². The summed E-state index contributed by atoms with van der Waals surface area (Å²) in [7, 11) is 0. The third-order valence-electron chi connectivity index (χ3n) is 8.60. The Balaban J connectivity index is 1.63. The molecule has 2 aromatic rings. The molecule has 1 aromatic heterocycles. The molecule has 0 amide bonds. The average Bonchev–Trinajstić information content (AvgIpc) is 3.53. The highest BCUT2D eigenvalue weighted by atomic mass is 16.6. The first-order valence-corrected chi connectivity index (χ1v) is 13.7. The van der Waals surface area contributed by atoms with Gasteiger partial charge in [0.05, 0.1) is 47.0 Å². The van der Waals surface area contributed by atoms with E-state index in [0.717, 1.165) is 30.2 Å². The molecule has 4 rings (SSSR count). The molecule has 0 radical (unpaired) electrons. The van der Waals surface area contributed by atoms with Gasteiger partial charge in [0, 0.05) is 17.7 Å². The summed E-state index contributed by atoms with van der Waals surface area (Å²) in [6.45, 7) is 11.0. The van der Waals surface area contributed by atoms with Gasteiger partial charge in [0.1, 0.15) is 11.9 Å². The molecule has 206 valence electrons. The summed E-state index contributed by atoms with van der Waals surface area (Å²) in [5.41, 5.74) is -0.177. The van der Waals surface area contributed by atoms with Gasteiger partial charge in [0.25, 0.3) is 0 Å². The number of allylic oxidation sites excluding steroid dienone is 1. The van der Waals surface area contributed by atoms with E-state index in [9.17, 15) is 19.8 Å². The van der Waals surface area contributed by atoms with Crippen LogP contribution in [0.1, 0.15) is 78.0 Å². The first kappa shape index (κ1) is 28.4. The number of carbonyl (C=O) groups excluding carboxylic acids is 2. The van der Waals surface area contributed by atoms with Crippen LogP contribution >= 0.6 is 0 Å². The Morgan fingerprint density at radius 1 is 1.13 bits per heavy atom. The number of epoxide rings is 1. The van der Waals surface area contributed by atoms with Gasteiger partial charge in [-0.2, -0.15) is 0 Å².